The molecule has 174 valence electrons. The summed E-state index contributed by atoms with van der Waals surface area (Å²) in [6, 6.07) is 14.3. The zero-order chi connectivity index (χ0) is 23.9. The van der Waals surface area contributed by atoms with Crippen molar-refractivity contribution in [3.63, 3.8) is 0 Å². The van der Waals surface area contributed by atoms with Crippen LogP contribution in [0.3, 0.4) is 0 Å². The highest BCUT2D eigenvalue weighted by atomic mass is 32.2. The van der Waals surface area contributed by atoms with Crippen molar-refractivity contribution in [1.82, 2.24) is 9.88 Å². The molecule has 1 fully saturated rings. The van der Waals surface area contributed by atoms with Gasteiger partial charge in [-0.25, -0.2) is 12.8 Å². The molecule has 0 N–H and O–H groups in total. The summed E-state index contributed by atoms with van der Waals surface area (Å²) in [5.74, 6) is -0.447. The molecule has 9 heteroatoms. The van der Waals surface area contributed by atoms with Crippen LogP contribution < -0.4 is 0 Å². The Bertz CT molecular complexity index is 1490. The van der Waals surface area contributed by atoms with E-state index >= 15 is 0 Å². The fraction of sp³-hybridized carbons (Fsp3) is 0.200. The molecular formula is C25H21FN2O5S. The quantitative estimate of drug-likeness (QED) is 0.435. The molecule has 34 heavy (non-hydrogen) atoms. The lowest BCUT2D eigenvalue weighted by Crippen LogP contribution is -2.41. The molecule has 0 radical (unpaired) electrons. The largest absolute Gasteiger partial charge is 0.454 e. The Hall–Kier alpha value is -3.56. The third-order valence-corrected chi connectivity index (χ3v) is 6.91. The maximum Gasteiger partial charge on any atom is 0.257 e. The number of nitrogens with zero attached hydrogens (tertiary/aromatic N) is 2. The van der Waals surface area contributed by atoms with Crippen LogP contribution in [0.15, 0.2) is 70.1 Å². The van der Waals surface area contributed by atoms with Gasteiger partial charge in [0.05, 0.1) is 23.7 Å². The van der Waals surface area contributed by atoms with Crippen LogP contribution in [0.4, 0.5) is 4.39 Å². The molecule has 0 saturated carbocycles. The van der Waals surface area contributed by atoms with Crippen molar-refractivity contribution >= 4 is 26.8 Å². The van der Waals surface area contributed by atoms with E-state index in [1.807, 2.05) is 0 Å². The van der Waals surface area contributed by atoms with Gasteiger partial charge in [-0.15, -0.1) is 0 Å². The number of rotatable bonds is 4. The molecule has 1 aliphatic rings. The number of benzene rings is 2. The van der Waals surface area contributed by atoms with Crippen LogP contribution in [0.5, 0.6) is 0 Å². The summed E-state index contributed by atoms with van der Waals surface area (Å²) in [6.07, 6.45) is 2.77. The maximum absolute atomic E-state index is 14.6. The lowest BCUT2D eigenvalue weighted by atomic mass is 10.0. The summed E-state index contributed by atoms with van der Waals surface area (Å²) in [4.78, 5) is 19.1. The third kappa shape index (κ3) is 4.20. The van der Waals surface area contributed by atoms with Crippen molar-refractivity contribution in [2.24, 2.45) is 0 Å². The van der Waals surface area contributed by atoms with Crippen molar-refractivity contribution < 1.29 is 26.8 Å². The molecule has 2 aromatic heterocycles. The Balaban J connectivity index is 1.53. The number of hydrogen-bond acceptors (Lipinski definition) is 6. The van der Waals surface area contributed by atoms with Crippen LogP contribution in [0.1, 0.15) is 10.4 Å². The number of hydrogen-bond donors (Lipinski definition) is 0. The van der Waals surface area contributed by atoms with E-state index in [1.165, 1.54) is 24.3 Å². The van der Waals surface area contributed by atoms with Crippen LogP contribution in [-0.4, -0.2) is 56.8 Å². The Morgan fingerprint density at radius 1 is 1.00 bits per heavy atom. The monoisotopic (exact) mass is 480 g/mol. The smallest absolute Gasteiger partial charge is 0.257 e. The van der Waals surface area contributed by atoms with E-state index in [4.69, 9.17) is 9.15 Å². The standard InChI is InChI=1S/C25H21FN2O5S/c1-34(30,31)18-5-2-16(3-6-18)23-15-22-24(33-23)19(8-9-27-22)17-4-7-21(26)20(14-17)25(29)28-10-12-32-13-11-28/h2-9,14-15H,10-13H2,1H3. The Labute approximate surface area is 195 Å². The number of amides is 1. The van der Waals surface area contributed by atoms with Gasteiger partial charge in [-0.05, 0) is 48.0 Å². The number of pyridine rings is 1. The fourth-order valence-corrected chi connectivity index (χ4v) is 4.60. The highest BCUT2D eigenvalue weighted by Gasteiger charge is 2.23. The summed E-state index contributed by atoms with van der Waals surface area (Å²) < 4.78 is 49.4. The number of sulfone groups is 1. The van der Waals surface area contributed by atoms with Gasteiger partial charge < -0.3 is 14.1 Å². The van der Waals surface area contributed by atoms with Crippen LogP contribution >= 0.6 is 0 Å². The molecule has 1 saturated heterocycles. The van der Waals surface area contributed by atoms with Gasteiger partial charge >= 0.3 is 0 Å². The molecule has 3 heterocycles. The number of halogens is 1. The predicted octanol–water partition coefficient (Wildman–Crippen LogP) is 4.18. The van der Waals surface area contributed by atoms with Crippen molar-refractivity contribution in [3.05, 3.63) is 72.2 Å². The van der Waals surface area contributed by atoms with Crippen LogP contribution in [0, 0.1) is 5.82 Å². The fourth-order valence-electron chi connectivity index (χ4n) is 3.97. The zero-order valence-electron chi connectivity index (χ0n) is 18.3. The average Bonchev–Trinajstić information content (AvgIpc) is 3.29. The summed E-state index contributed by atoms with van der Waals surface area (Å²) in [6.45, 7) is 1.69. The number of aromatic nitrogens is 1. The number of ether oxygens (including phenoxy) is 1. The molecule has 0 spiro atoms. The minimum Gasteiger partial charge on any atom is -0.454 e. The lowest BCUT2D eigenvalue weighted by molar-refractivity contribution is 0.0300. The normalized spacial score (nSPS) is 14.5. The van der Waals surface area contributed by atoms with E-state index in [-0.39, 0.29) is 16.4 Å². The average molecular weight is 481 g/mol. The van der Waals surface area contributed by atoms with Gasteiger partial charge in [0.15, 0.2) is 15.4 Å². The summed E-state index contributed by atoms with van der Waals surface area (Å²) in [7, 11) is -3.30. The minimum atomic E-state index is -3.30. The molecule has 0 atom stereocenters. The van der Waals surface area contributed by atoms with Gasteiger partial charge in [-0.3, -0.25) is 9.78 Å². The molecule has 1 amide bonds. The second-order valence-electron chi connectivity index (χ2n) is 8.08. The molecule has 7 nitrogen and oxygen atoms in total. The Kier molecular flexibility index (Phi) is 5.66. The van der Waals surface area contributed by atoms with Crippen LogP contribution in [0.25, 0.3) is 33.6 Å². The minimum absolute atomic E-state index is 0.00694. The summed E-state index contributed by atoms with van der Waals surface area (Å²) in [5, 5.41) is 0. The van der Waals surface area contributed by atoms with Gasteiger partial charge in [0.1, 0.15) is 17.1 Å². The van der Waals surface area contributed by atoms with Crippen molar-refractivity contribution in [3.8, 4) is 22.5 Å². The van der Waals surface area contributed by atoms with Crippen molar-refractivity contribution in [2.75, 3.05) is 32.6 Å². The van der Waals surface area contributed by atoms with Gasteiger partial charge in [0.25, 0.3) is 5.91 Å². The van der Waals surface area contributed by atoms with Crippen molar-refractivity contribution in [1.29, 1.82) is 0 Å². The number of furan rings is 1. The third-order valence-electron chi connectivity index (χ3n) is 5.78. The van der Waals surface area contributed by atoms with Crippen LogP contribution in [-0.2, 0) is 14.6 Å². The molecule has 2 aromatic carbocycles. The summed E-state index contributed by atoms with van der Waals surface area (Å²) in [5.41, 5.74) is 3.05. The highest BCUT2D eigenvalue weighted by molar-refractivity contribution is 7.90. The van der Waals surface area contributed by atoms with E-state index in [0.717, 1.165) is 6.26 Å². The molecule has 4 aromatic rings. The molecule has 0 unspecified atom stereocenters. The second kappa shape index (κ2) is 8.66. The van der Waals surface area contributed by atoms with Gasteiger partial charge in [-0.2, -0.15) is 0 Å². The topological polar surface area (TPSA) is 89.7 Å². The highest BCUT2D eigenvalue weighted by Crippen LogP contribution is 2.34. The van der Waals surface area contributed by atoms with Crippen LogP contribution in [0.2, 0.25) is 0 Å². The first-order chi connectivity index (χ1) is 16.3. The number of carbonyl (C=O) groups excluding carboxylic acids is 1. The number of carbonyl (C=O) groups is 1. The van der Waals surface area contributed by atoms with E-state index in [9.17, 15) is 17.6 Å². The zero-order valence-corrected chi connectivity index (χ0v) is 19.1. The Morgan fingerprint density at radius 2 is 1.71 bits per heavy atom. The summed E-state index contributed by atoms with van der Waals surface area (Å²) >= 11 is 0. The molecule has 1 aliphatic heterocycles. The molecular weight excluding hydrogens is 459 g/mol. The SMILES string of the molecule is CS(=O)(=O)c1ccc(-c2cc3nccc(-c4ccc(F)c(C(=O)N5CCOCC5)c4)c3o2)cc1. The first-order valence-corrected chi connectivity index (χ1v) is 12.6. The van der Waals surface area contributed by atoms with E-state index in [0.29, 0.717) is 59.9 Å². The molecule has 0 aliphatic carbocycles. The van der Waals surface area contributed by atoms with Crippen molar-refractivity contribution in [2.45, 2.75) is 4.90 Å². The first kappa shape index (κ1) is 22.2. The van der Waals surface area contributed by atoms with Gasteiger partial charge in [-0.1, -0.05) is 6.07 Å². The van der Waals surface area contributed by atoms with Gasteiger partial charge in [0.2, 0.25) is 0 Å². The molecule has 0 bridgehead atoms. The lowest BCUT2D eigenvalue weighted by Gasteiger charge is -2.27. The first-order valence-electron chi connectivity index (χ1n) is 10.7. The second-order valence-corrected chi connectivity index (χ2v) is 10.1. The Morgan fingerprint density at radius 3 is 2.41 bits per heavy atom. The van der Waals surface area contributed by atoms with E-state index in [1.54, 1.807) is 41.4 Å². The van der Waals surface area contributed by atoms with E-state index < -0.39 is 15.7 Å². The number of morpholine rings is 1. The van der Waals surface area contributed by atoms with Gasteiger partial charge in [0, 0.05) is 42.7 Å². The van der Waals surface area contributed by atoms with E-state index in [2.05, 4.69) is 4.98 Å². The maximum atomic E-state index is 14.6. The number of fused-ring (bicyclic) bond motifs is 1. The predicted molar refractivity (Wildman–Crippen MR) is 125 cm³/mol. The molecule has 5 rings (SSSR count).